The van der Waals surface area contributed by atoms with Gasteiger partial charge in [-0.25, -0.2) is 0 Å². The van der Waals surface area contributed by atoms with Gasteiger partial charge in [-0.15, -0.1) is 0 Å². The number of rotatable bonds is 5. The number of piperidine rings is 1. The third-order valence-electron chi connectivity index (χ3n) is 3.84. The fourth-order valence-corrected chi connectivity index (χ4v) is 2.55. The van der Waals surface area contributed by atoms with Gasteiger partial charge in [0.1, 0.15) is 0 Å². The third kappa shape index (κ3) is 3.68. The predicted octanol–water partition coefficient (Wildman–Crippen LogP) is 0.927. The summed E-state index contributed by atoms with van der Waals surface area (Å²) in [5.41, 5.74) is 0. The molecule has 0 aromatic rings. The van der Waals surface area contributed by atoms with E-state index < -0.39 is 0 Å². The van der Waals surface area contributed by atoms with Gasteiger partial charge in [0.2, 0.25) is 5.91 Å². The van der Waals surface area contributed by atoms with Gasteiger partial charge in [0, 0.05) is 25.7 Å². The van der Waals surface area contributed by atoms with E-state index >= 15 is 0 Å². The Morgan fingerprint density at radius 1 is 1.47 bits per heavy atom. The molecule has 4 heteroatoms. The van der Waals surface area contributed by atoms with Crippen molar-refractivity contribution in [3.05, 3.63) is 0 Å². The van der Waals surface area contributed by atoms with Crippen LogP contribution in [0.2, 0.25) is 0 Å². The SMILES string of the molecule is CCN(CC)C(=O)C(C)N1CCCC(NC)C1. The lowest BCUT2D eigenvalue weighted by molar-refractivity contribution is -0.136. The molecule has 1 heterocycles. The minimum atomic E-state index is 0.0195. The van der Waals surface area contributed by atoms with Crippen molar-refractivity contribution in [2.75, 3.05) is 33.2 Å². The standard InChI is InChI=1S/C13H27N3O/c1-5-15(6-2)13(17)11(3)16-9-7-8-12(10-16)14-4/h11-12,14H,5-10H2,1-4H3. The van der Waals surface area contributed by atoms with E-state index in [4.69, 9.17) is 0 Å². The van der Waals surface area contributed by atoms with E-state index in [2.05, 4.69) is 10.2 Å². The van der Waals surface area contributed by atoms with Crippen molar-refractivity contribution in [3.63, 3.8) is 0 Å². The zero-order valence-corrected chi connectivity index (χ0v) is 11.7. The number of nitrogens with one attached hydrogen (secondary N) is 1. The van der Waals surface area contributed by atoms with Crippen LogP contribution in [0.3, 0.4) is 0 Å². The van der Waals surface area contributed by atoms with Gasteiger partial charge in [0.15, 0.2) is 0 Å². The Labute approximate surface area is 105 Å². The van der Waals surface area contributed by atoms with E-state index in [0.29, 0.717) is 6.04 Å². The van der Waals surface area contributed by atoms with Gasteiger partial charge in [0.25, 0.3) is 0 Å². The van der Waals surface area contributed by atoms with Crippen LogP contribution in [-0.4, -0.2) is 61.0 Å². The van der Waals surface area contributed by atoms with Gasteiger partial charge in [0.05, 0.1) is 6.04 Å². The molecule has 1 saturated heterocycles. The lowest BCUT2D eigenvalue weighted by Crippen LogP contribution is -2.53. The summed E-state index contributed by atoms with van der Waals surface area (Å²) in [5, 5.41) is 3.32. The summed E-state index contributed by atoms with van der Waals surface area (Å²) in [6.07, 6.45) is 2.40. The average Bonchev–Trinajstić information content (AvgIpc) is 2.39. The second-order valence-electron chi connectivity index (χ2n) is 4.81. The molecule has 0 spiro atoms. The van der Waals surface area contributed by atoms with Crippen molar-refractivity contribution >= 4 is 5.91 Å². The number of hydrogen-bond acceptors (Lipinski definition) is 3. The highest BCUT2D eigenvalue weighted by atomic mass is 16.2. The van der Waals surface area contributed by atoms with Crippen LogP contribution in [0.15, 0.2) is 0 Å². The molecule has 1 N–H and O–H groups in total. The Bertz CT molecular complexity index is 241. The Morgan fingerprint density at radius 2 is 2.12 bits per heavy atom. The third-order valence-corrected chi connectivity index (χ3v) is 3.84. The van der Waals surface area contributed by atoms with Gasteiger partial charge in [-0.3, -0.25) is 9.69 Å². The van der Waals surface area contributed by atoms with E-state index in [1.807, 2.05) is 32.7 Å². The Hall–Kier alpha value is -0.610. The maximum atomic E-state index is 12.3. The summed E-state index contributed by atoms with van der Waals surface area (Å²) in [4.78, 5) is 16.5. The molecule has 2 unspecified atom stereocenters. The van der Waals surface area contributed by atoms with E-state index in [-0.39, 0.29) is 11.9 Å². The highest BCUT2D eigenvalue weighted by Crippen LogP contribution is 2.14. The number of nitrogens with zero attached hydrogens (tertiary/aromatic N) is 2. The quantitative estimate of drug-likeness (QED) is 0.778. The van der Waals surface area contributed by atoms with Crippen LogP contribution >= 0.6 is 0 Å². The molecule has 0 bridgehead atoms. The van der Waals surface area contributed by atoms with Gasteiger partial charge < -0.3 is 10.2 Å². The number of amides is 1. The van der Waals surface area contributed by atoms with E-state index in [0.717, 1.165) is 26.2 Å². The fraction of sp³-hybridized carbons (Fsp3) is 0.923. The second kappa shape index (κ2) is 6.97. The normalized spacial score (nSPS) is 23.4. The summed E-state index contributed by atoms with van der Waals surface area (Å²) < 4.78 is 0. The summed E-state index contributed by atoms with van der Waals surface area (Å²) in [5.74, 6) is 0.270. The fourth-order valence-electron chi connectivity index (χ4n) is 2.55. The van der Waals surface area contributed by atoms with E-state index in [1.165, 1.54) is 12.8 Å². The van der Waals surface area contributed by atoms with Gasteiger partial charge in [-0.1, -0.05) is 0 Å². The minimum absolute atomic E-state index is 0.0195. The molecule has 1 aliphatic rings. The number of hydrogen-bond donors (Lipinski definition) is 1. The van der Waals surface area contributed by atoms with Crippen LogP contribution in [0, 0.1) is 0 Å². The number of likely N-dealkylation sites (N-methyl/N-ethyl adjacent to an activating group) is 2. The minimum Gasteiger partial charge on any atom is -0.342 e. The molecule has 1 fully saturated rings. The molecule has 100 valence electrons. The highest BCUT2D eigenvalue weighted by molar-refractivity contribution is 5.81. The molecule has 0 aromatic heterocycles. The largest absolute Gasteiger partial charge is 0.342 e. The van der Waals surface area contributed by atoms with Crippen LogP contribution in [0.5, 0.6) is 0 Å². The first-order chi connectivity index (χ1) is 8.13. The summed E-state index contributed by atoms with van der Waals surface area (Å²) in [7, 11) is 2.01. The second-order valence-corrected chi connectivity index (χ2v) is 4.81. The molecule has 1 rings (SSSR count). The Kier molecular flexibility index (Phi) is 5.92. The Morgan fingerprint density at radius 3 is 2.65 bits per heavy atom. The highest BCUT2D eigenvalue weighted by Gasteiger charge is 2.28. The Balaban J connectivity index is 2.56. The van der Waals surface area contributed by atoms with Crippen molar-refractivity contribution in [2.45, 2.75) is 45.7 Å². The lowest BCUT2D eigenvalue weighted by atomic mass is 10.0. The summed E-state index contributed by atoms with van der Waals surface area (Å²) >= 11 is 0. The molecule has 1 amide bonds. The zero-order chi connectivity index (χ0) is 12.8. The average molecular weight is 241 g/mol. The summed E-state index contributed by atoms with van der Waals surface area (Å²) in [6, 6.07) is 0.557. The van der Waals surface area contributed by atoms with Crippen molar-refractivity contribution in [2.24, 2.45) is 0 Å². The first kappa shape index (κ1) is 14.5. The first-order valence-corrected chi connectivity index (χ1v) is 6.84. The van der Waals surface area contributed by atoms with E-state index in [9.17, 15) is 4.79 Å². The number of carbonyl (C=O) groups excluding carboxylic acids is 1. The van der Waals surface area contributed by atoms with Crippen molar-refractivity contribution in [1.29, 1.82) is 0 Å². The van der Waals surface area contributed by atoms with Crippen LogP contribution < -0.4 is 5.32 Å². The smallest absolute Gasteiger partial charge is 0.239 e. The van der Waals surface area contributed by atoms with Gasteiger partial charge in [-0.2, -0.15) is 0 Å². The molecule has 4 nitrogen and oxygen atoms in total. The van der Waals surface area contributed by atoms with Gasteiger partial charge in [-0.05, 0) is 47.2 Å². The van der Waals surface area contributed by atoms with Crippen LogP contribution in [0.1, 0.15) is 33.6 Å². The molecule has 17 heavy (non-hydrogen) atoms. The molecular formula is C13H27N3O. The molecule has 0 aromatic carbocycles. The number of carbonyl (C=O) groups is 1. The van der Waals surface area contributed by atoms with Crippen molar-refractivity contribution in [3.8, 4) is 0 Å². The van der Waals surface area contributed by atoms with Crippen molar-refractivity contribution < 1.29 is 4.79 Å². The van der Waals surface area contributed by atoms with Crippen LogP contribution in [-0.2, 0) is 4.79 Å². The lowest BCUT2D eigenvalue weighted by Gasteiger charge is -2.37. The topological polar surface area (TPSA) is 35.6 Å². The predicted molar refractivity (Wildman–Crippen MR) is 71.0 cm³/mol. The zero-order valence-electron chi connectivity index (χ0n) is 11.7. The van der Waals surface area contributed by atoms with E-state index in [1.54, 1.807) is 0 Å². The summed E-state index contributed by atoms with van der Waals surface area (Å²) in [6.45, 7) is 9.78. The molecule has 1 aliphatic heterocycles. The monoisotopic (exact) mass is 241 g/mol. The molecule has 0 radical (unpaired) electrons. The van der Waals surface area contributed by atoms with Crippen molar-refractivity contribution in [1.82, 2.24) is 15.1 Å². The maximum absolute atomic E-state index is 12.3. The molecule has 0 aliphatic carbocycles. The number of likely N-dealkylation sites (tertiary alicyclic amines) is 1. The first-order valence-electron chi connectivity index (χ1n) is 6.84. The molecule has 0 saturated carbocycles. The van der Waals surface area contributed by atoms with Crippen LogP contribution in [0.25, 0.3) is 0 Å². The maximum Gasteiger partial charge on any atom is 0.239 e. The molecular weight excluding hydrogens is 214 g/mol. The van der Waals surface area contributed by atoms with Gasteiger partial charge >= 0.3 is 0 Å². The molecule has 2 atom stereocenters. The van der Waals surface area contributed by atoms with Crippen LogP contribution in [0.4, 0.5) is 0 Å².